The number of nitrogens with one attached hydrogen (secondary N) is 1. The van der Waals surface area contributed by atoms with Gasteiger partial charge in [0.1, 0.15) is 0 Å². The highest BCUT2D eigenvalue weighted by Crippen LogP contribution is 2.21. The number of rotatable bonds is 3. The quantitative estimate of drug-likeness (QED) is 0.779. The predicted molar refractivity (Wildman–Crippen MR) is 70.2 cm³/mol. The van der Waals surface area contributed by atoms with Crippen LogP contribution in [0.4, 0.5) is 4.79 Å². The molecular weight excluding hydrogens is 230 g/mol. The summed E-state index contributed by atoms with van der Waals surface area (Å²) < 4.78 is 0. The number of hydrogen-bond acceptors (Lipinski definition) is 3. The summed E-state index contributed by atoms with van der Waals surface area (Å²) in [4.78, 5) is 21.0. The van der Waals surface area contributed by atoms with Gasteiger partial charge in [0, 0.05) is 33.2 Å². The molecule has 104 valence electrons. The maximum atomic E-state index is 11.8. The third kappa shape index (κ3) is 3.59. The normalized spacial score (nSPS) is 22.4. The Bertz CT molecular complexity index is 269. The highest BCUT2D eigenvalue weighted by atomic mass is 16.7. The molecule has 1 heterocycles. The third-order valence-electron chi connectivity index (χ3n) is 3.85. The highest BCUT2D eigenvalue weighted by molar-refractivity contribution is 5.73. The fourth-order valence-electron chi connectivity index (χ4n) is 2.67. The van der Waals surface area contributed by atoms with Gasteiger partial charge in [0.2, 0.25) is 0 Å². The first-order valence-electron chi connectivity index (χ1n) is 7.04. The number of urea groups is 1. The van der Waals surface area contributed by atoms with Gasteiger partial charge in [-0.05, 0) is 25.7 Å². The summed E-state index contributed by atoms with van der Waals surface area (Å²) >= 11 is 0. The zero-order valence-corrected chi connectivity index (χ0v) is 11.5. The topological polar surface area (TPSA) is 44.8 Å². The third-order valence-corrected chi connectivity index (χ3v) is 3.85. The summed E-state index contributed by atoms with van der Waals surface area (Å²) in [6.07, 6.45) is 7.32. The van der Waals surface area contributed by atoms with Crippen LogP contribution in [0.3, 0.4) is 0 Å². The second kappa shape index (κ2) is 6.38. The number of piperidine rings is 1. The molecule has 1 aliphatic heterocycles. The Hall–Kier alpha value is -0.810. The Morgan fingerprint density at radius 1 is 1.17 bits per heavy atom. The number of nitrogens with zero attached hydrogens (tertiary/aromatic N) is 2. The van der Waals surface area contributed by atoms with Crippen molar-refractivity contribution in [1.29, 1.82) is 0 Å². The molecule has 2 fully saturated rings. The van der Waals surface area contributed by atoms with Crippen LogP contribution in [-0.4, -0.2) is 55.2 Å². The molecule has 0 bridgehead atoms. The minimum absolute atomic E-state index is 0.116. The molecule has 2 rings (SSSR count). The molecule has 5 nitrogen and oxygen atoms in total. The smallest absolute Gasteiger partial charge is 0.319 e. The largest absolute Gasteiger partial charge is 0.331 e. The van der Waals surface area contributed by atoms with Crippen LogP contribution >= 0.6 is 0 Å². The Morgan fingerprint density at radius 2 is 1.78 bits per heavy atom. The van der Waals surface area contributed by atoms with Crippen molar-refractivity contribution in [3.8, 4) is 0 Å². The van der Waals surface area contributed by atoms with Crippen LogP contribution in [0.25, 0.3) is 0 Å². The minimum atomic E-state index is 0.116. The number of hydrogen-bond donors (Lipinski definition) is 1. The lowest BCUT2D eigenvalue weighted by Gasteiger charge is -2.34. The molecule has 0 atom stereocenters. The molecule has 2 amide bonds. The molecule has 0 aromatic heterocycles. The van der Waals surface area contributed by atoms with Crippen LogP contribution in [0.15, 0.2) is 0 Å². The Morgan fingerprint density at radius 3 is 2.33 bits per heavy atom. The van der Waals surface area contributed by atoms with E-state index in [0.717, 1.165) is 25.9 Å². The van der Waals surface area contributed by atoms with Crippen LogP contribution in [0.5, 0.6) is 0 Å². The molecule has 1 N–H and O–H groups in total. The first kappa shape index (κ1) is 13.6. The van der Waals surface area contributed by atoms with E-state index in [9.17, 15) is 4.79 Å². The summed E-state index contributed by atoms with van der Waals surface area (Å²) in [6, 6.07) is 0.516. The fraction of sp³-hybridized carbons (Fsp3) is 0.923. The zero-order chi connectivity index (χ0) is 13.0. The van der Waals surface area contributed by atoms with E-state index in [-0.39, 0.29) is 6.03 Å². The Kier molecular flexibility index (Phi) is 4.83. The van der Waals surface area contributed by atoms with Crippen molar-refractivity contribution in [2.45, 2.75) is 50.7 Å². The zero-order valence-electron chi connectivity index (χ0n) is 11.5. The molecular formula is C13H25N3O2. The molecule has 0 unspecified atom stereocenters. The van der Waals surface area contributed by atoms with E-state index < -0.39 is 0 Å². The molecule has 1 saturated heterocycles. The van der Waals surface area contributed by atoms with Gasteiger partial charge in [0.05, 0.1) is 6.10 Å². The standard InChI is InChI=1S/C13H25N3O2/c1-15(2)13(17)16-9-7-11(8-10-16)14-18-12-5-3-4-6-12/h11-12,14H,3-10H2,1-2H3. The summed E-state index contributed by atoms with van der Waals surface area (Å²) in [5, 5.41) is 0. The summed E-state index contributed by atoms with van der Waals surface area (Å²) in [5.41, 5.74) is 3.20. The van der Waals surface area contributed by atoms with Gasteiger partial charge in [-0.2, -0.15) is 5.48 Å². The van der Waals surface area contributed by atoms with Gasteiger partial charge in [-0.3, -0.25) is 4.84 Å². The SMILES string of the molecule is CN(C)C(=O)N1CCC(NOC2CCCC2)CC1. The van der Waals surface area contributed by atoms with Gasteiger partial charge < -0.3 is 9.80 Å². The van der Waals surface area contributed by atoms with Gasteiger partial charge in [-0.1, -0.05) is 12.8 Å². The predicted octanol–water partition coefficient (Wildman–Crippen LogP) is 1.60. The first-order valence-corrected chi connectivity index (χ1v) is 7.04. The van der Waals surface area contributed by atoms with Crippen molar-refractivity contribution in [3.63, 3.8) is 0 Å². The number of amides is 2. The lowest BCUT2D eigenvalue weighted by molar-refractivity contribution is -0.0489. The molecule has 0 aromatic rings. The van der Waals surface area contributed by atoms with Gasteiger partial charge in [0.15, 0.2) is 0 Å². The number of carbonyl (C=O) groups excluding carboxylic acids is 1. The van der Waals surface area contributed by atoms with Crippen molar-refractivity contribution in [1.82, 2.24) is 15.3 Å². The number of carbonyl (C=O) groups is 1. The fourth-order valence-corrected chi connectivity index (χ4v) is 2.67. The minimum Gasteiger partial charge on any atom is -0.331 e. The maximum absolute atomic E-state index is 11.8. The summed E-state index contributed by atoms with van der Waals surface area (Å²) in [6.45, 7) is 1.64. The van der Waals surface area contributed by atoms with Crippen molar-refractivity contribution >= 4 is 6.03 Å². The van der Waals surface area contributed by atoms with Crippen molar-refractivity contribution in [3.05, 3.63) is 0 Å². The van der Waals surface area contributed by atoms with E-state index in [1.165, 1.54) is 25.7 Å². The van der Waals surface area contributed by atoms with E-state index in [4.69, 9.17) is 4.84 Å². The molecule has 1 aliphatic carbocycles. The Labute approximate surface area is 109 Å². The van der Waals surface area contributed by atoms with Gasteiger partial charge in [-0.25, -0.2) is 4.79 Å². The highest BCUT2D eigenvalue weighted by Gasteiger charge is 2.25. The van der Waals surface area contributed by atoms with Gasteiger partial charge >= 0.3 is 6.03 Å². The second-order valence-electron chi connectivity index (χ2n) is 5.58. The summed E-state index contributed by atoms with van der Waals surface area (Å²) in [7, 11) is 3.60. The van der Waals surface area contributed by atoms with E-state index in [1.807, 2.05) is 4.90 Å². The second-order valence-corrected chi connectivity index (χ2v) is 5.58. The van der Waals surface area contributed by atoms with Crippen LogP contribution in [0.1, 0.15) is 38.5 Å². The average molecular weight is 255 g/mol. The van der Waals surface area contributed by atoms with Crippen LogP contribution in [0.2, 0.25) is 0 Å². The number of hydroxylamine groups is 1. The van der Waals surface area contributed by atoms with E-state index in [2.05, 4.69) is 5.48 Å². The van der Waals surface area contributed by atoms with Gasteiger partial charge in [0.25, 0.3) is 0 Å². The van der Waals surface area contributed by atoms with Crippen molar-refractivity contribution in [2.24, 2.45) is 0 Å². The average Bonchev–Trinajstić information content (AvgIpc) is 2.89. The maximum Gasteiger partial charge on any atom is 0.319 e. The first-order chi connectivity index (χ1) is 8.66. The van der Waals surface area contributed by atoms with E-state index in [0.29, 0.717) is 12.1 Å². The van der Waals surface area contributed by atoms with Crippen LogP contribution in [0, 0.1) is 0 Å². The molecule has 0 aromatic carbocycles. The van der Waals surface area contributed by atoms with E-state index >= 15 is 0 Å². The monoisotopic (exact) mass is 255 g/mol. The Balaban J connectivity index is 1.65. The number of likely N-dealkylation sites (tertiary alicyclic amines) is 1. The van der Waals surface area contributed by atoms with Crippen LogP contribution in [-0.2, 0) is 4.84 Å². The molecule has 0 spiro atoms. The molecule has 5 heteroatoms. The van der Waals surface area contributed by atoms with Crippen molar-refractivity contribution < 1.29 is 9.63 Å². The summed E-state index contributed by atoms with van der Waals surface area (Å²) in [5.74, 6) is 0. The van der Waals surface area contributed by atoms with Crippen LogP contribution < -0.4 is 5.48 Å². The van der Waals surface area contributed by atoms with E-state index in [1.54, 1.807) is 19.0 Å². The molecule has 0 radical (unpaired) electrons. The lowest BCUT2D eigenvalue weighted by Crippen LogP contribution is -2.48. The van der Waals surface area contributed by atoms with Crippen molar-refractivity contribution in [2.75, 3.05) is 27.2 Å². The molecule has 18 heavy (non-hydrogen) atoms. The lowest BCUT2D eigenvalue weighted by atomic mass is 10.1. The van der Waals surface area contributed by atoms with Gasteiger partial charge in [-0.15, -0.1) is 0 Å². The molecule has 1 saturated carbocycles. The molecule has 2 aliphatic rings.